The van der Waals surface area contributed by atoms with Crippen molar-refractivity contribution in [2.75, 3.05) is 12.4 Å². The minimum absolute atomic E-state index is 0.847. The molecule has 5 rings (SSSR count). The summed E-state index contributed by atoms with van der Waals surface area (Å²) in [4.78, 5) is 9.57. The summed E-state index contributed by atoms with van der Waals surface area (Å²) in [6, 6.07) is 24.6. The highest BCUT2D eigenvalue weighted by Gasteiger charge is 2.09. The molecule has 0 fully saturated rings. The number of anilines is 2. The molecule has 6 heteroatoms. The maximum atomic E-state index is 5.24. The summed E-state index contributed by atoms with van der Waals surface area (Å²) in [5, 5.41) is 9.48. The topological polar surface area (TPSA) is 47.0 Å². The van der Waals surface area contributed by atoms with Gasteiger partial charge in [-0.25, -0.2) is 9.97 Å². The number of benzene rings is 3. The number of methoxy groups -OCH3 is 1. The number of nitrogens with zero attached hydrogens (tertiary/aromatic N) is 2. The molecular weight excluding hydrogens is 434 g/mol. The molecular formula is C26H21N3OS2. The van der Waals surface area contributed by atoms with E-state index in [1.807, 2.05) is 36.4 Å². The molecule has 4 nitrogen and oxygen atoms in total. The molecule has 0 bridgehead atoms. The average Bonchev–Trinajstić information content (AvgIpc) is 3.50. The van der Waals surface area contributed by atoms with Gasteiger partial charge in [-0.05, 0) is 48.9 Å². The number of aromatic nitrogens is 2. The number of ether oxygens (including phenoxy) is 1. The lowest BCUT2D eigenvalue weighted by Gasteiger charge is -2.04. The standard InChI is InChI=1S/C26H21N3OS2/c1-17-5-3-4-6-22(17)24-16-32-26(29-24)27-20-11-7-18(8-12-20)23-15-31-25(28-23)19-9-13-21(30-2)14-10-19/h3-16H,1-2H3,(H,27,29). The van der Waals surface area contributed by atoms with Crippen molar-refractivity contribution in [3.63, 3.8) is 0 Å². The van der Waals surface area contributed by atoms with E-state index < -0.39 is 0 Å². The van der Waals surface area contributed by atoms with E-state index in [2.05, 4.69) is 59.4 Å². The van der Waals surface area contributed by atoms with Crippen LogP contribution in [0.3, 0.4) is 0 Å². The average molecular weight is 456 g/mol. The van der Waals surface area contributed by atoms with E-state index in [0.717, 1.165) is 44.1 Å². The Morgan fingerprint density at radius 1 is 0.750 bits per heavy atom. The maximum absolute atomic E-state index is 5.24. The SMILES string of the molecule is COc1ccc(-c2nc(-c3ccc(Nc4nc(-c5ccccc5C)cs4)cc3)cs2)cc1. The minimum Gasteiger partial charge on any atom is -0.497 e. The van der Waals surface area contributed by atoms with Gasteiger partial charge in [0.1, 0.15) is 10.8 Å². The van der Waals surface area contributed by atoms with Crippen LogP contribution < -0.4 is 10.1 Å². The van der Waals surface area contributed by atoms with E-state index in [9.17, 15) is 0 Å². The lowest BCUT2D eigenvalue weighted by atomic mass is 10.1. The van der Waals surface area contributed by atoms with Crippen LogP contribution in [0, 0.1) is 6.92 Å². The van der Waals surface area contributed by atoms with E-state index in [1.165, 1.54) is 11.1 Å². The lowest BCUT2D eigenvalue weighted by molar-refractivity contribution is 0.415. The number of rotatable bonds is 6. The molecule has 0 unspecified atom stereocenters. The first kappa shape index (κ1) is 20.4. The molecule has 32 heavy (non-hydrogen) atoms. The molecule has 0 spiro atoms. The summed E-state index contributed by atoms with van der Waals surface area (Å²) < 4.78 is 5.24. The van der Waals surface area contributed by atoms with Gasteiger partial charge in [0.05, 0.1) is 18.5 Å². The van der Waals surface area contributed by atoms with Gasteiger partial charge in [-0.3, -0.25) is 0 Å². The number of aryl methyl sites for hydroxylation is 1. The van der Waals surface area contributed by atoms with Crippen molar-refractivity contribution in [3.05, 3.63) is 89.1 Å². The van der Waals surface area contributed by atoms with Crippen LogP contribution in [0.2, 0.25) is 0 Å². The molecule has 5 aromatic rings. The predicted molar refractivity (Wildman–Crippen MR) is 135 cm³/mol. The largest absolute Gasteiger partial charge is 0.497 e. The smallest absolute Gasteiger partial charge is 0.187 e. The maximum Gasteiger partial charge on any atom is 0.187 e. The lowest BCUT2D eigenvalue weighted by Crippen LogP contribution is -1.90. The third-order valence-corrected chi connectivity index (χ3v) is 6.85. The number of thiazole rings is 2. The van der Waals surface area contributed by atoms with Crippen LogP contribution >= 0.6 is 22.7 Å². The fraction of sp³-hybridized carbons (Fsp3) is 0.0769. The molecule has 2 aromatic heterocycles. The van der Waals surface area contributed by atoms with E-state index in [0.29, 0.717) is 0 Å². The fourth-order valence-electron chi connectivity index (χ4n) is 3.44. The number of nitrogens with one attached hydrogen (secondary N) is 1. The summed E-state index contributed by atoms with van der Waals surface area (Å²) in [6.45, 7) is 2.11. The first-order valence-corrected chi connectivity index (χ1v) is 11.9. The Labute approximate surface area is 195 Å². The monoisotopic (exact) mass is 455 g/mol. The van der Waals surface area contributed by atoms with Crippen LogP contribution in [0.25, 0.3) is 33.1 Å². The van der Waals surface area contributed by atoms with Crippen LogP contribution in [0.15, 0.2) is 83.6 Å². The van der Waals surface area contributed by atoms with Gasteiger partial charge in [-0.1, -0.05) is 36.4 Å². The third kappa shape index (κ3) is 4.28. The van der Waals surface area contributed by atoms with Crippen molar-refractivity contribution in [1.82, 2.24) is 9.97 Å². The van der Waals surface area contributed by atoms with Crippen LogP contribution in [0.4, 0.5) is 10.8 Å². The Bertz CT molecular complexity index is 1340. The summed E-state index contributed by atoms with van der Waals surface area (Å²) in [7, 11) is 1.67. The molecule has 0 aliphatic rings. The summed E-state index contributed by atoms with van der Waals surface area (Å²) in [5.74, 6) is 0.847. The third-order valence-electron chi connectivity index (χ3n) is 5.20. The predicted octanol–water partition coefficient (Wildman–Crippen LogP) is 7.66. The first-order chi connectivity index (χ1) is 15.7. The molecule has 0 radical (unpaired) electrons. The van der Waals surface area contributed by atoms with Gasteiger partial charge in [0.25, 0.3) is 0 Å². The van der Waals surface area contributed by atoms with E-state index in [-0.39, 0.29) is 0 Å². The van der Waals surface area contributed by atoms with Crippen LogP contribution in [0.1, 0.15) is 5.56 Å². The van der Waals surface area contributed by atoms with Gasteiger partial charge >= 0.3 is 0 Å². The zero-order valence-electron chi connectivity index (χ0n) is 17.7. The molecule has 0 saturated heterocycles. The second-order valence-corrected chi connectivity index (χ2v) is 9.04. The molecule has 0 atom stereocenters. The minimum atomic E-state index is 0.847. The molecule has 0 saturated carbocycles. The fourth-order valence-corrected chi connectivity index (χ4v) is 5.00. The van der Waals surface area contributed by atoms with Gasteiger partial charge in [0, 0.05) is 33.1 Å². The van der Waals surface area contributed by atoms with E-state index >= 15 is 0 Å². The highest BCUT2D eigenvalue weighted by atomic mass is 32.1. The second-order valence-electron chi connectivity index (χ2n) is 7.32. The molecule has 0 aliphatic carbocycles. The van der Waals surface area contributed by atoms with E-state index in [1.54, 1.807) is 29.8 Å². The zero-order chi connectivity index (χ0) is 21.9. The normalized spacial score (nSPS) is 10.8. The molecule has 3 aromatic carbocycles. The second kappa shape index (κ2) is 8.94. The van der Waals surface area contributed by atoms with Crippen LogP contribution in [-0.2, 0) is 0 Å². The molecule has 2 heterocycles. The van der Waals surface area contributed by atoms with Crippen LogP contribution in [0.5, 0.6) is 5.75 Å². The molecule has 158 valence electrons. The Morgan fingerprint density at radius 2 is 1.47 bits per heavy atom. The summed E-state index contributed by atoms with van der Waals surface area (Å²) >= 11 is 3.25. The Kier molecular flexibility index (Phi) is 5.71. The highest BCUT2D eigenvalue weighted by Crippen LogP contribution is 2.32. The Hall–Kier alpha value is -3.48. The number of hydrogen-bond acceptors (Lipinski definition) is 6. The molecule has 0 aliphatic heterocycles. The van der Waals surface area contributed by atoms with Crippen LogP contribution in [-0.4, -0.2) is 17.1 Å². The molecule has 1 N–H and O–H groups in total. The van der Waals surface area contributed by atoms with Gasteiger partial charge in [-0.2, -0.15) is 0 Å². The Morgan fingerprint density at radius 3 is 2.22 bits per heavy atom. The zero-order valence-corrected chi connectivity index (χ0v) is 19.3. The highest BCUT2D eigenvalue weighted by molar-refractivity contribution is 7.14. The van der Waals surface area contributed by atoms with Gasteiger partial charge in [-0.15, -0.1) is 22.7 Å². The van der Waals surface area contributed by atoms with Crippen molar-refractivity contribution in [3.8, 4) is 38.8 Å². The molecule has 0 amide bonds. The Balaban J connectivity index is 1.30. The summed E-state index contributed by atoms with van der Waals surface area (Å²) in [6.07, 6.45) is 0. The quantitative estimate of drug-likeness (QED) is 0.285. The van der Waals surface area contributed by atoms with Gasteiger partial charge in [0.15, 0.2) is 5.13 Å². The van der Waals surface area contributed by atoms with Crippen molar-refractivity contribution in [1.29, 1.82) is 0 Å². The van der Waals surface area contributed by atoms with Crippen molar-refractivity contribution in [2.45, 2.75) is 6.92 Å². The van der Waals surface area contributed by atoms with Gasteiger partial charge in [0.2, 0.25) is 0 Å². The van der Waals surface area contributed by atoms with Crippen molar-refractivity contribution in [2.24, 2.45) is 0 Å². The number of hydrogen-bond donors (Lipinski definition) is 1. The van der Waals surface area contributed by atoms with E-state index in [4.69, 9.17) is 14.7 Å². The van der Waals surface area contributed by atoms with Crippen molar-refractivity contribution < 1.29 is 4.74 Å². The van der Waals surface area contributed by atoms with Gasteiger partial charge < -0.3 is 10.1 Å². The summed E-state index contributed by atoms with van der Waals surface area (Å²) in [5.41, 5.74) is 7.56. The van der Waals surface area contributed by atoms with Crippen molar-refractivity contribution >= 4 is 33.5 Å². The first-order valence-electron chi connectivity index (χ1n) is 10.2.